The van der Waals surface area contributed by atoms with Gasteiger partial charge in [-0.1, -0.05) is 44.6 Å². The molecule has 18 heavy (non-hydrogen) atoms. The molecule has 0 unspecified atom stereocenters. The smallest absolute Gasteiger partial charge is 0.00218 e. The maximum absolute atomic E-state index is 4.21. The van der Waals surface area contributed by atoms with Crippen LogP contribution in [0.15, 0.2) is 24.3 Å². The topological polar surface area (TPSA) is 3.24 Å². The minimum atomic E-state index is 0.709. The van der Waals surface area contributed by atoms with Crippen molar-refractivity contribution in [3.05, 3.63) is 24.3 Å². The minimum absolute atomic E-state index is 0.709. The fraction of sp³-hybridized carbons (Fsp3) is 0.765. The second-order valence-corrected chi connectivity index (χ2v) is 6.02. The highest BCUT2D eigenvalue weighted by Gasteiger charge is 2.07. The van der Waals surface area contributed by atoms with Gasteiger partial charge in [-0.25, -0.2) is 0 Å². The van der Waals surface area contributed by atoms with Crippen LogP contribution in [-0.4, -0.2) is 25.5 Å². The van der Waals surface area contributed by atoms with Gasteiger partial charge in [0.25, 0.3) is 0 Å². The summed E-state index contributed by atoms with van der Waals surface area (Å²) in [5, 5.41) is 0. The summed E-state index contributed by atoms with van der Waals surface area (Å²) in [5.41, 5.74) is 2.83. The molecule has 0 fully saturated rings. The van der Waals surface area contributed by atoms with Crippen LogP contribution in [0.3, 0.4) is 0 Å². The van der Waals surface area contributed by atoms with E-state index < -0.39 is 0 Å². The van der Waals surface area contributed by atoms with E-state index in [0.29, 0.717) is 5.92 Å². The molecule has 0 radical (unpaired) electrons. The molecule has 0 aromatic rings. The van der Waals surface area contributed by atoms with Gasteiger partial charge in [0, 0.05) is 0 Å². The Morgan fingerprint density at radius 2 is 1.50 bits per heavy atom. The quantitative estimate of drug-likeness (QED) is 0.465. The molecular weight excluding hydrogens is 218 g/mol. The van der Waals surface area contributed by atoms with Gasteiger partial charge in [0.05, 0.1) is 0 Å². The molecular formula is C17H33N. The van der Waals surface area contributed by atoms with Crippen molar-refractivity contribution < 1.29 is 0 Å². The first kappa shape index (κ1) is 17.4. The van der Waals surface area contributed by atoms with E-state index in [0.717, 1.165) is 6.54 Å². The normalized spacial score (nSPS) is 12.7. The lowest BCUT2D eigenvalue weighted by molar-refractivity contribution is 0.397. The largest absolute Gasteiger partial charge is 0.309 e. The van der Waals surface area contributed by atoms with Crippen molar-refractivity contribution in [1.29, 1.82) is 0 Å². The molecule has 0 aromatic heterocycles. The molecule has 106 valence electrons. The van der Waals surface area contributed by atoms with Gasteiger partial charge in [0.1, 0.15) is 0 Å². The van der Waals surface area contributed by atoms with Crippen molar-refractivity contribution in [3.63, 3.8) is 0 Å². The van der Waals surface area contributed by atoms with Crippen LogP contribution < -0.4 is 0 Å². The van der Waals surface area contributed by atoms with Crippen molar-refractivity contribution in [1.82, 2.24) is 4.90 Å². The Morgan fingerprint density at radius 1 is 1.00 bits per heavy atom. The summed E-state index contributed by atoms with van der Waals surface area (Å²) in [5.74, 6) is 0.709. The van der Waals surface area contributed by atoms with Gasteiger partial charge in [0.15, 0.2) is 0 Å². The molecule has 0 amide bonds. The average molecular weight is 251 g/mol. The first-order chi connectivity index (χ1) is 8.45. The molecule has 1 heteroatoms. The zero-order valence-electron chi connectivity index (χ0n) is 13.1. The highest BCUT2D eigenvalue weighted by atomic mass is 15.0. The molecule has 0 aliphatic carbocycles. The Balaban J connectivity index is 3.69. The lowest BCUT2D eigenvalue weighted by atomic mass is 9.92. The monoisotopic (exact) mass is 251 g/mol. The van der Waals surface area contributed by atoms with Crippen LogP contribution in [0.4, 0.5) is 0 Å². The second-order valence-electron chi connectivity index (χ2n) is 6.02. The Kier molecular flexibility index (Phi) is 10.0. The summed E-state index contributed by atoms with van der Waals surface area (Å²) in [6, 6.07) is 0. The third kappa shape index (κ3) is 10.6. The maximum Gasteiger partial charge on any atom is -0.00218 e. The molecule has 0 aromatic carbocycles. The van der Waals surface area contributed by atoms with Crippen molar-refractivity contribution >= 4 is 0 Å². The molecule has 0 aliphatic rings. The Morgan fingerprint density at radius 3 is 1.94 bits per heavy atom. The van der Waals surface area contributed by atoms with Gasteiger partial charge in [-0.05, 0) is 65.1 Å². The molecule has 0 rings (SSSR count). The third-order valence-electron chi connectivity index (χ3n) is 3.29. The Hall–Kier alpha value is -0.560. The van der Waals surface area contributed by atoms with Gasteiger partial charge >= 0.3 is 0 Å². The van der Waals surface area contributed by atoms with Gasteiger partial charge in [-0.15, -0.1) is 0 Å². The van der Waals surface area contributed by atoms with Gasteiger partial charge in [-0.2, -0.15) is 0 Å². The number of rotatable bonds is 11. The first-order valence-electron chi connectivity index (χ1n) is 7.43. The highest BCUT2D eigenvalue weighted by molar-refractivity contribution is 5.00. The third-order valence-corrected chi connectivity index (χ3v) is 3.29. The van der Waals surface area contributed by atoms with Crippen LogP contribution in [0.2, 0.25) is 0 Å². The summed E-state index contributed by atoms with van der Waals surface area (Å²) in [4.78, 5) is 2.24. The number of nitrogens with zero attached hydrogens (tertiary/aromatic N) is 1. The second kappa shape index (κ2) is 10.4. The summed E-state index contributed by atoms with van der Waals surface area (Å²) in [6.45, 7) is 14.1. The number of hydrogen-bond acceptors (Lipinski definition) is 1. The Bertz CT molecular complexity index is 240. The van der Waals surface area contributed by atoms with E-state index in [1.165, 1.54) is 56.1 Å². The van der Waals surface area contributed by atoms with E-state index in [1.807, 2.05) is 0 Å². The van der Waals surface area contributed by atoms with E-state index in [-0.39, 0.29) is 0 Å². The van der Waals surface area contributed by atoms with E-state index in [9.17, 15) is 0 Å². The molecule has 0 spiro atoms. The predicted molar refractivity (Wildman–Crippen MR) is 84.0 cm³/mol. The van der Waals surface area contributed by atoms with E-state index in [4.69, 9.17) is 0 Å². The Labute approximate surface area is 115 Å². The SMILES string of the molecule is C=C(CCCC)C[C@@H](C)CC(=C)CCCN(C)C. The number of hydrogen-bond donors (Lipinski definition) is 0. The van der Waals surface area contributed by atoms with Crippen molar-refractivity contribution in [3.8, 4) is 0 Å². The van der Waals surface area contributed by atoms with E-state index in [1.54, 1.807) is 0 Å². The molecule has 0 saturated heterocycles. The van der Waals surface area contributed by atoms with Crippen molar-refractivity contribution in [2.75, 3.05) is 20.6 Å². The molecule has 1 nitrogen and oxygen atoms in total. The average Bonchev–Trinajstić information content (AvgIpc) is 2.25. The highest BCUT2D eigenvalue weighted by Crippen LogP contribution is 2.22. The first-order valence-corrected chi connectivity index (χ1v) is 7.43. The van der Waals surface area contributed by atoms with Crippen LogP contribution in [0, 0.1) is 5.92 Å². The van der Waals surface area contributed by atoms with Crippen molar-refractivity contribution in [2.45, 2.75) is 58.8 Å². The summed E-state index contributed by atoms with van der Waals surface area (Å²) < 4.78 is 0. The number of allylic oxidation sites excluding steroid dienone is 2. The fourth-order valence-corrected chi connectivity index (χ4v) is 2.33. The van der Waals surface area contributed by atoms with Crippen LogP contribution in [0.25, 0.3) is 0 Å². The molecule has 0 bridgehead atoms. The van der Waals surface area contributed by atoms with Crippen molar-refractivity contribution in [2.24, 2.45) is 5.92 Å². The van der Waals surface area contributed by atoms with Gasteiger partial charge < -0.3 is 4.90 Å². The zero-order chi connectivity index (χ0) is 14.0. The molecule has 0 saturated carbocycles. The summed E-state index contributed by atoms with van der Waals surface area (Å²) >= 11 is 0. The predicted octanol–water partition coefficient (Wildman–Crippen LogP) is 5.05. The molecule has 0 heterocycles. The van der Waals surface area contributed by atoms with E-state index >= 15 is 0 Å². The molecule has 0 N–H and O–H groups in total. The lowest BCUT2D eigenvalue weighted by Gasteiger charge is -2.16. The zero-order valence-corrected chi connectivity index (χ0v) is 13.1. The summed E-state index contributed by atoms with van der Waals surface area (Å²) in [7, 11) is 4.26. The number of unbranched alkanes of at least 4 members (excludes halogenated alkanes) is 1. The van der Waals surface area contributed by atoms with Crippen LogP contribution >= 0.6 is 0 Å². The fourth-order valence-electron chi connectivity index (χ4n) is 2.33. The van der Waals surface area contributed by atoms with E-state index in [2.05, 4.69) is 46.0 Å². The standard InChI is InChI=1S/C17H33N/c1-7-8-10-15(2)13-17(4)14-16(3)11-9-12-18(5)6/h17H,2-3,7-14H2,1,4-6H3/t17-/m1/s1. The van der Waals surface area contributed by atoms with Gasteiger partial charge in [0.2, 0.25) is 0 Å². The van der Waals surface area contributed by atoms with Crippen LogP contribution in [0.1, 0.15) is 58.8 Å². The van der Waals surface area contributed by atoms with Crippen LogP contribution in [0.5, 0.6) is 0 Å². The summed E-state index contributed by atoms with van der Waals surface area (Å²) in [6.07, 6.45) is 8.50. The van der Waals surface area contributed by atoms with Crippen LogP contribution in [-0.2, 0) is 0 Å². The maximum atomic E-state index is 4.21. The minimum Gasteiger partial charge on any atom is -0.309 e. The lowest BCUT2D eigenvalue weighted by Crippen LogP contribution is -2.13. The molecule has 1 atom stereocenters. The van der Waals surface area contributed by atoms with Gasteiger partial charge in [-0.3, -0.25) is 0 Å². The molecule has 0 aliphatic heterocycles.